The molecule has 1 aliphatic carbocycles. The van der Waals surface area contributed by atoms with Crippen molar-refractivity contribution in [3.05, 3.63) is 187 Å². The summed E-state index contributed by atoms with van der Waals surface area (Å²) in [5.74, 6) is 0.712. The lowest BCUT2D eigenvalue weighted by molar-refractivity contribution is 0.922. The second kappa shape index (κ2) is 12.3. The molecule has 9 rings (SSSR count). The van der Waals surface area contributed by atoms with Crippen LogP contribution in [0.1, 0.15) is 23.2 Å². The van der Waals surface area contributed by atoms with Crippen molar-refractivity contribution in [3.63, 3.8) is 0 Å². The van der Waals surface area contributed by atoms with Crippen LogP contribution in [0.15, 0.2) is 170 Å². The third kappa shape index (κ3) is 5.43. The summed E-state index contributed by atoms with van der Waals surface area (Å²) >= 11 is 0. The Labute approximate surface area is 285 Å². The Kier molecular flexibility index (Phi) is 7.25. The van der Waals surface area contributed by atoms with Crippen LogP contribution in [0.3, 0.4) is 0 Å². The first kappa shape index (κ1) is 28.8. The maximum absolute atomic E-state index is 5.09. The predicted molar refractivity (Wildman–Crippen MR) is 200 cm³/mol. The van der Waals surface area contributed by atoms with Crippen molar-refractivity contribution in [1.82, 2.24) is 19.4 Å². The van der Waals surface area contributed by atoms with Gasteiger partial charge in [-0.05, 0) is 58.9 Å². The van der Waals surface area contributed by atoms with Crippen molar-refractivity contribution in [2.75, 3.05) is 0 Å². The van der Waals surface area contributed by atoms with Gasteiger partial charge < -0.3 is 4.40 Å². The molecular weight excluding hydrogens is 597 g/mol. The van der Waals surface area contributed by atoms with E-state index in [-0.39, 0.29) is 0 Å². The minimum atomic E-state index is 0.712. The van der Waals surface area contributed by atoms with E-state index >= 15 is 0 Å². The molecule has 0 amide bonds. The maximum atomic E-state index is 5.09. The first-order chi connectivity index (χ1) is 24.3. The van der Waals surface area contributed by atoms with Crippen LogP contribution in [0, 0.1) is 0 Å². The van der Waals surface area contributed by atoms with Crippen LogP contribution in [0.4, 0.5) is 0 Å². The second-order valence-electron chi connectivity index (χ2n) is 12.4. The van der Waals surface area contributed by atoms with Crippen molar-refractivity contribution < 1.29 is 0 Å². The maximum Gasteiger partial charge on any atom is 0.160 e. The van der Waals surface area contributed by atoms with E-state index in [9.17, 15) is 0 Å². The fourth-order valence-corrected chi connectivity index (χ4v) is 6.91. The highest BCUT2D eigenvalue weighted by molar-refractivity contribution is 5.90. The van der Waals surface area contributed by atoms with E-state index in [1.54, 1.807) is 0 Å². The molecule has 8 aromatic rings. The smallest absolute Gasteiger partial charge is 0.160 e. The number of imidazole rings is 1. The van der Waals surface area contributed by atoms with E-state index in [4.69, 9.17) is 15.0 Å². The molecule has 0 atom stereocenters. The summed E-state index contributed by atoms with van der Waals surface area (Å²) in [6.07, 6.45) is 6.36. The first-order valence-electron chi connectivity index (χ1n) is 16.8. The lowest BCUT2D eigenvalue weighted by atomic mass is 9.88. The van der Waals surface area contributed by atoms with Crippen LogP contribution in [-0.2, 0) is 6.42 Å². The van der Waals surface area contributed by atoms with Gasteiger partial charge in [0.25, 0.3) is 0 Å². The van der Waals surface area contributed by atoms with Gasteiger partial charge in [-0.15, -0.1) is 0 Å². The Balaban J connectivity index is 1.09. The molecule has 5 aromatic carbocycles. The molecule has 3 heterocycles. The Morgan fingerprint density at radius 3 is 1.69 bits per heavy atom. The third-order valence-electron chi connectivity index (χ3n) is 9.37. The average molecular weight is 629 g/mol. The number of aryl methyl sites for hydroxylation is 1. The normalized spacial score (nSPS) is 13.5. The van der Waals surface area contributed by atoms with E-state index in [1.165, 1.54) is 39.1 Å². The van der Waals surface area contributed by atoms with Gasteiger partial charge in [-0.3, -0.25) is 0 Å². The van der Waals surface area contributed by atoms with Crippen LogP contribution >= 0.6 is 0 Å². The number of hydrogen-bond acceptors (Lipinski definition) is 3. The quantitative estimate of drug-likeness (QED) is 0.190. The van der Waals surface area contributed by atoms with Crippen molar-refractivity contribution in [1.29, 1.82) is 0 Å². The Morgan fingerprint density at radius 2 is 1.00 bits per heavy atom. The van der Waals surface area contributed by atoms with Gasteiger partial charge in [-0.2, -0.15) is 0 Å². The van der Waals surface area contributed by atoms with Crippen molar-refractivity contribution in [3.8, 4) is 56.3 Å². The lowest BCUT2D eigenvalue weighted by Crippen LogP contribution is -2.01. The molecule has 4 nitrogen and oxygen atoms in total. The number of pyridine rings is 1. The molecule has 0 fully saturated rings. The molecule has 0 aliphatic heterocycles. The van der Waals surface area contributed by atoms with Crippen molar-refractivity contribution in [2.45, 2.75) is 12.8 Å². The van der Waals surface area contributed by atoms with Crippen LogP contribution in [0.25, 0.3) is 67.5 Å². The zero-order chi connectivity index (χ0) is 32.6. The number of aromatic nitrogens is 4. The van der Waals surface area contributed by atoms with Gasteiger partial charge in [0.2, 0.25) is 0 Å². The van der Waals surface area contributed by atoms with Crippen LogP contribution in [-0.4, -0.2) is 19.4 Å². The zero-order valence-electron chi connectivity index (χ0n) is 26.9. The largest absolute Gasteiger partial charge is 0.303 e. The minimum Gasteiger partial charge on any atom is -0.303 e. The second-order valence-corrected chi connectivity index (χ2v) is 12.4. The number of hydrogen-bond donors (Lipinski definition) is 0. The molecule has 3 aromatic heterocycles. The fraction of sp³-hybridized carbons (Fsp3) is 0.0444. The fourth-order valence-electron chi connectivity index (χ4n) is 6.91. The standard InChI is InChI=1S/C45H32N4/c1-3-12-31(13-4-1)32-21-25-34(26-22-32)40-30-41(47-45(46-40)36-14-5-2-6-15-36)35-27-23-33(24-28-35)37-18-11-19-42-44(39-17-8-7-16-38(37)39)48-43-20-9-10-29-49(42)43/h1-10,12-18,20-30H,11,19H2/b37-18-. The zero-order valence-corrected chi connectivity index (χ0v) is 26.9. The van der Waals surface area contributed by atoms with Gasteiger partial charge in [-0.25, -0.2) is 15.0 Å². The molecule has 1 aliphatic rings. The molecule has 232 valence electrons. The van der Waals surface area contributed by atoms with Crippen molar-refractivity contribution >= 4 is 11.2 Å². The third-order valence-corrected chi connectivity index (χ3v) is 9.37. The topological polar surface area (TPSA) is 43.1 Å². The summed E-state index contributed by atoms with van der Waals surface area (Å²) in [5.41, 5.74) is 15.4. The number of rotatable bonds is 5. The van der Waals surface area contributed by atoms with E-state index in [1.807, 2.05) is 24.3 Å². The SMILES string of the molecule is C1=C(/c2ccc(-c3cc(-c4ccc(-c5ccccc5)cc4)nc(-c4ccccc4)n3)cc2)c2ccccc2-c2nc3ccccn3c2CC/1. The first-order valence-corrected chi connectivity index (χ1v) is 16.8. The van der Waals surface area contributed by atoms with Crippen LogP contribution in [0.5, 0.6) is 0 Å². The van der Waals surface area contributed by atoms with E-state index in [0.717, 1.165) is 52.3 Å². The molecule has 0 radical (unpaired) electrons. The Hall–Kier alpha value is -6.39. The molecule has 0 N–H and O–H groups in total. The number of allylic oxidation sites excluding steroid dienone is 1. The van der Waals surface area contributed by atoms with Crippen LogP contribution in [0.2, 0.25) is 0 Å². The van der Waals surface area contributed by atoms with E-state index in [2.05, 4.69) is 150 Å². The molecule has 0 unspecified atom stereocenters. The molecule has 4 heteroatoms. The molecular formula is C45H32N4. The number of benzene rings is 5. The highest BCUT2D eigenvalue weighted by Crippen LogP contribution is 2.38. The van der Waals surface area contributed by atoms with E-state index < -0.39 is 0 Å². The average Bonchev–Trinajstić information content (AvgIpc) is 3.54. The van der Waals surface area contributed by atoms with E-state index in [0.29, 0.717) is 5.82 Å². The van der Waals surface area contributed by atoms with Crippen molar-refractivity contribution in [2.24, 2.45) is 0 Å². The molecule has 0 saturated heterocycles. The molecule has 0 bridgehead atoms. The van der Waals surface area contributed by atoms with Gasteiger partial charge in [0, 0.05) is 28.5 Å². The monoisotopic (exact) mass is 628 g/mol. The highest BCUT2D eigenvalue weighted by Gasteiger charge is 2.21. The van der Waals surface area contributed by atoms with Gasteiger partial charge >= 0.3 is 0 Å². The van der Waals surface area contributed by atoms with Gasteiger partial charge in [0.15, 0.2) is 5.82 Å². The lowest BCUT2D eigenvalue weighted by Gasteiger charge is -2.17. The summed E-state index contributed by atoms with van der Waals surface area (Å²) in [6.45, 7) is 0. The Morgan fingerprint density at radius 1 is 0.449 bits per heavy atom. The molecule has 49 heavy (non-hydrogen) atoms. The highest BCUT2D eigenvalue weighted by atomic mass is 15.0. The summed E-state index contributed by atoms with van der Waals surface area (Å²) < 4.78 is 2.23. The summed E-state index contributed by atoms with van der Waals surface area (Å²) in [5, 5.41) is 0. The van der Waals surface area contributed by atoms with Crippen LogP contribution < -0.4 is 0 Å². The summed E-state index contributed by atoms with van der Waals surface area (Å²) in [4.78, 5) is 15.2. The molecule has 0 saturated carbocycles. The predicted octanol–water partition coefficient (Wildman–Crippen LogP) is 10.8. The number of fused-ring (bicyclic) bond motifs is 5. The molecule has 0 spiro atoms. The van der Waals surface area contributed by atoms with Gasteiger partial charge in [0.05, 0.1) is 22.8 Å². The Bertz CT molecular complexity index is 2460. The minimum absolute atomic E-state index is 0.712. The summed E-state index contributed by atoms with van der Waals surface area (Å²) in [7, 11) is 0. The van der Waals surface area contributed by atoms with Gasteiger partial charge in [0.1, 0.15) is 5.65 Å². The summed E-state index contributed by atoms with van der Waals surface area (Å²) in [6, 6.07) is 55.1. The van der Waals surface area contributed by atoms with Gasteiger partial charge in [-0.1, -0.05) is 146 Å². The number of nitrogens with zero attached hydrogens (tertiary/aromatic N) is 4.